The Morgan fingerprint density at radius 3 is 1.97 bits per heavy atom. The first kappa shape index (κ1) is 27.1. The van der Waals surface area contributed by atoms with Crippen molar-refractivity contribution in [3.8, 4) is 0 Å². The van der Waals surface area contributed by atoms with Crippen molar-refractivity contribution in [1.29, 1.82) is 0 Å². The number of ether oxygens (including phenoxy) is 5. The molecule has 0 fully saturated rings. The van der Waals surface area contributed by atoms with E-state index in [2.05, 4.69) is 10.0 Å². The van der Waals surface area contributed by atoms with E-state index in [1.807, 2.05) is 0 Å². The summed E-state index contributed by atoms with van der Waals surface area (Å²) in [6.07, 6.45) is -5.87. The smallest absolute Gasteiger partial charge is 0.303 e. The van der Waals surface area contributed by atoms with Gasteiger partial charge in [-0.3, -0.25) is 19.2 Å². The fraction of sp³-hybridized carbons (Fsp3) is 0.765. The average Bonchev–Trinajstić information content (AvgIpc) is 2.62. The van der Waals surface area contributed by atoms with Crippen molar-refractivity contribution in [2.75, 3.05) is 19.8 Å². The van der Waals surface area contributed by atoms with E-state index in [1.165, 1.54) is 6.92 Å². The maximum atomic E-state index is 11.6. The number of azide groups is 1. The van der Waals surface area contributed by atoms with E-state index in [-0.39, 0.29) is 32.6 Å². The van der Waals surface area contributed by atoms with Crippen LogP contribution in [0, 0.1) is 0 Å². The molecule has 0 amide bonds. The van der Waals surface area contributed by atoms with Crippen molar-refractivity contribution in [1.82, 2.24) is 0 Å². The molecule has 0 aliphatic rings. The van der Waals surface area contributed by atoms with Crippen LogP contribution < -0.4 is 0 Å². The van der Waals surface area contributed by atoms with E-state index in [9.17, 15) is 24.3 Å². The Hall–Kier alpha value is -2.89. The van der Waals surface area contributed by atoms with Crippen LogP contribution in [-0.2, 0) is 42.9 Å². The van der Waals surface area contributed by atoms with E-state index < -0.39 is 48.5 Å². The highest BCUT2D eigenvalue weighted by Crippen LogP contribution is 2.20. The van der Waals surface area contributed by atoms with E-state index in [4.69, 9.17) is 29.2 Å². The van der Waals surface area contributed by atoms with Crippen LogP contribution in [0.25, 0.3) is 10.4 Å². The monoisotopic (exact) mass is 433 g/mol. The first-order chi connectivity index (χ1) is 14.1. The molecule has 0 saturated heterocycles. The molecule has 0 heterocycles. The van der Waals surface area contributed by atoms with Gasteiger partial charge >= 0.3 is 23.9 Å². The molecule has 0 bridgehead atoms. The van der Waals surface area contributed by atoms with Crippen LogP contribution in [0.2, 0.25) is 0 Å². The molecule has 30 heavy (non-hydrogen) atoms. The van der Waals surface area contributed by atoms with Crippen molar-refractivity contribution in [2.45, 2.75) is 65.1 Å². The van der Waals surface area contributed by atoms with Crippen LogP contribution in [0.15, 0.2) is 5.11 Å². The van der Waals surface area contributed by atoms with E-state index in [1.54, 1.807) is 0 Å². The van der Waals surface area contributed by atoms with Gasteiger partial charge < -0.3 is 28.8 Å². The van der Waals surface area contributed by atoms with Gasteiger partial charge in [-0.25, -0.2) is 0 Å². The Bertz CT molecular complexity index is 635. The van der Waals surface area contributed by atoms with Crippen molar-refractivity contribution < 1.29 is 48.0 Å². The van der Waals surface area contributed by atoms with Crippen LogP contribution in [0.4, 0.5) is 0 Å². The quantitative estimate of drug-likeness (QED) is 0.0780. The summed E-state index contributed by atoms with van der Waals surface area (Å²) in [5, 5.41) is 13.7. The van der Waals surface area contributed by atoms with Crippen molar-refractivity contribution >= 4 is 23.9 Å². The molecular weight excluding hydrogens is 406 g/mol. The number of carbonyl (C=O) groups excluding carboxylic acids is 4. The number of hydrogen-bond donors (Lipinski definition) is 1. The highest BCUT2D eigenvalue weighted by Gasteiger charge is 2.41. The molecule has 13 heteroatoms. The van der Waals surface area contributed by atoms with E-state index in [0.29, 0.717) is 0 Å². The number of rotatable bonds is 14. The van der Waals surface area contributed by atoms with Gasteiger partial charge in [0.1, 0.15) is 6.10 Å². The van der Waals surface area contributed by atoms with Crippen LogP contribution in [0.1, 0.15) is 40.5 Å². The molecular formula is C17H27N3O10. The number of aliphatic hydroxyl groups is 1. The minimum atomic E-state index is -1.77. The van der Waals surface area contributed by atoms with Gasteiger partial charge in [0.2, 0.25) is 0 Å². The maximum absolute atomic E-state index is 11.6. The predicted octanol–water partition coefficient (Wildman–Crippen LogP) is 0.770. The Morgan fingerprint density at radius 1 is 0.900 bits per heavy atom. The second-order valence-electron chi connectivity index (χ2n) is 5.99. The fourth-order valence-corrected chi connectivity index (χ4v) is 2.33. The minimum Gasteiger partial charge on any atom is -0.466 e. The second-order valence-corrected chi connectivity index (χ2v) is 5.99. The maximum Gasteiger partial charge on any atom is 0.303 e. The van der Waals surface area contributed by atoms with Gasteiger partial charge in [0.05, 0.1) is 13.2 Å². The Balaban J connectivity index is 5.58. The van der Waals surface area contributed by atoms with Crippen LogP contribution >= 0.6 is 0 Å². The molecule has 170 valence electrons. The standard InChI is InChI=1S/C17H27N3O10/c1-10(21)26-9-6-14(28-11(2)22)15(29-12(3)23)16(30-13(4)24)17(25)27-8-5-7-19-20-18/h14-17,25H,5-9H2,1-4H3/t14-,15+,16?,17-/m1/s1. The second kappa shape index (κ2) is 15.0. The summed E-state index contributed by atoms with van der Waals surface area (Å²) in [5.74, 6) is -2.96. The van der Waals surface area contributed by atoms with Gasteiger partial charge in [-0.2, -0.15) is 0 Å². The van der Waals surface area contributed by atoms with Gasteiger partial charge in [-0.1, -0.05) is 5.11 Å². The molecule has 0 aromatic rings. The topological polar surface area (TPSA) is 183 Å². The first-order valence-corrected chi connectivity index (χ1v) is 9.04. The highest BCUT2D eigenvalue weighted by atomic mass is 16.7. The summed E-state index contributed by atoms with van der Waals surface area (Å²) in [6, 6.07) is 0. The third kappa shape index (κ3) is 12.5. The molecule has 1 unspecified atom stereocenters. The number of carbonyl (C=O) groups is 4. The number of esters is 4. The molecule has 1 N–H and O–H groups in total. The summed E-state index contributed by atoms with van der Waals surface area (Å²) in [5.41, 5.74) is 8.25. The Kier molecular flexibility index (Phi) is 13.6. The SMILES string of the molecule is CC(=O)OCC[C@@H](OC(C)=O)[C@H](OC(C)=O)C(OC(C)=O)[C@H](O)OCCCN=[N+]=[N-]. The first-order valence-electron chi connectivity index (χ1n) is 9.04. The molecule has 0 aromatic carbocycles. The van der Waals surface area contributed by atoms with Crippen LogP contribution in [-0.4, -0.2) is 73.3 Å². The molecule has 13 nitrogen and oxygen atoms in total. The summed E-state index contributed by atoms with van der Waals surface area (Å²) < 4.78 is 25.4. The summed E-state index contributed by atoms with van der Waals surface area (Å²) in [6.45, 7) is 4.26. The summed E-state index contributed by atoms with van der Waals surface area (Å²) in [7, 11) is 0. The molecule has 0 aromatic heterocycles. The zero-order chi connectivity index (χ0) is 23.1. The van der Waals surface area contributed by atoms with Crippen molar-refractivity contribution in [2.24, 2.45) is 5.11 Å². The van der Waals surface area contributed by atoms with Crippen molar-refractivity contribution in [3.05, 3.63) is 10.4 Å². The highest BCUT2D eigenvalue weighted by molar-refractivity contribution is 5.68. The average molecular weight is 433 g/mol. The Labute approximate surface area is 173 Å². The number of aliphatic hydroxyl groups excluding tert-OH is 1. The van der Waals surface area contributed by atoms with Crippen molar-refractivity contribution in [3.63, 3.8) is 0 Å². The van der Waals surface area contributed by atoms with E-state index >= 15 is 0 Å². The van der Waals surface area contributed by atoms with Crippen LogP contribution in [0.3, 0.4) is 0 Å². The molecule has 0 radical (unpaired) electrons. The summed E-state index contributed by atoms with van der Waals surface area (Å²) >= 11 is 0. The molecule has 0 spiro atoms. The minimum absolute atomic E-state index is 0.0730. The Morgan fingerprint density at radius 2 is 1.47 bits per heavy atom. The summed E-state index contributed by atoms with van der Waals surface area (Å²) in [4.78, 5) is 48.3. The van der Waals surface area contributed by atoms with Gasteiger partial charge in [0, 0.05) is 45.6 Å². The van der Waals surface area contributed by atoms with Gasteiger partial charge in [-0.15, -0.1) is 0 Å². The third-order valence-electron chi connectivity index (χ3n) is 3.35. The zero-order valence-corrected chi connectivity index (χ0v) is 17.3. The molecule has 4 atom stereocenters. The lowest BCUT2D eigenvalue weighted by Gasteiger charge is -2.34. The molecule has 0 aliphatic carbocycles. The normalized spacial score (nSPS) is 14.3. The van der Waals surface area contributed by atoms with Gasteiger partial charge in [-0.05, 0) is 12.0 Å². The zero-order valence-electron chi connectivity index (χ0n) is 17.3. The van der Waals surface area contributed by atoms with Gasteiger partial charge in [0.15, 0.2) is 18.5 Å². The predicted molar refractivity (Wildman–Crippen MR) is 98.5 cm³/mol. The van der Waals surface area contributed by atoms with E-state index in [0.717, 1.165) is 20.8 Å². The third-order valence-corrected chi connectivity index (χ3v) is 3.35. The largest absolute Gasteiger partial charge is 0.466 e. The number of nitrogens with zero attached hydrogens (tertiary/aromatic N) is 3. The molecule has 0 aliphatic heterocycles. The lowest BCUT2D eigenvalue weighted by molar-refractivity contribution is -0.229. The molecule has 0 rings (SSSR count). The molecule has 0 saturated carbocycles. The lowest BCUT2D eigenvalue weighted by atomic mass is 10.0. The number of hydrogen-bond acceptors (Lipinski definition) is 11. The van der Waals surface area contributed by atoms with Gasteiger partial charge in [0.25, 0.3) is 0 Å². The van der Waals surface area contributed by atoms with Crippen LogP contribution in [0.5, 0.6) is 0 Å². The fourth-order valence-electron chi connectivity index (χ4n) is 2.33. The lowest BCUT2D eigenvalue weighted by Crippen LogP contribution is -2.51.